The maximum atomic E-state index is 5.94. The zero-order chi connectivity index (χ0) is 15.1. The summed E-state index contributed by atoms with van der Waals surface area (Å²) in [5, 5.41) is 0. The second kappa shape index (κ2) is 8.49. The van der Waals surface area contributed by atoms with Gasteiger partial charge < -0.3 is 18.3 Å². The van der Waals surface area contributed by atoms with Crippen LogP contribution in [0.4, 0.5) is 0 Å². The zero-order valence-corrected chi connectivity index (χ0v) is 14.9. The lowest BCUT2D eigenvalue weighted by Crippen LogP contribution is -2.58. The molecule has 120 valence electrons. The predicted molar refractivity (Wildman–Crippen MR) is 83.3 cm³/mol. The third-order valence-electron chi connectivity index (χ3n) is 4.84. The molecule has 0 aromatic heterocycles. The second-order valence-electron chi connectivity index (χ2n) is 5.74. The van der Waals surface area contributed by atoms with Gasteiger partial charge in [0.05, 0.1) is 13.2 Å². The third-order valence-corrected chi connectivity index (χ3v) is 9.17. The maximum absolute atomic E-state index is 5.94. The molecular formula is C15H32O4Si. The van der Waals surface area contributed by atoms with E-state index in [0.29, 0.717) is 5.54 Å². The van der Waals surface area contributed by atoms with Crippen LogP contribution in [0.2, 0.25) is 11.6 Å². The van der Waals surface area contributed by atoms with Crippen molar-refractivity contribution in [2.75, 3.05) is 40.6 Å². The normalized spacial score (nSPS) is 19.6. The van der Waals surface area contributed by atoms with Gasteiger partial charge in [-0.25, -0.2) is 0 Å². The molecule has 1 saturated heterocycles. The lowest BCUT2D eigenvalue weighted by Gasteiger charge is -2.51. The Morgan fingerprint density at radius 1 is 1.10 bits per heavy atom. The highest BCUT2D eigenvalue weighted by atomic mass is 28.4. The van der Waals surface area contributed by atoms with Gasteiger partial charge in [0.25, 0.3) is 0 Å². The first kappa shape index (κ1) is 18.1. The van der Waals surface area contributed by atoms with Crippen LogP contribution in [0.15, 0.2) is 0 Å². The van der Waals surface area contributed by atoms with Crippen LogP contribution in [0.25, 0.3) is 0 Å². The van der Waals surface area contributed by atoms with E-state index in [1.54, 1.807) is 0 Å². The quantitative estimate of drug-likeness (QED) is 0.433. The summed E-state index contributed by atoms with van der Waals surface area (Å²) < 4.78 is 23.1. The highest BCUT2D eigenvalue weighted by Gasteiger charge is 2.56. The van der Waals surface area contributed by atoms with Gasteiger partial charge in [0.1, 0.15) is 0 Å². The molecule has 0 aromatic carbocycles. The SMILES string of the molecule is CCCOCCC(C1(CC)COC1)[Si](CC)(OC)OC. The summed E-state index contributed by atoms with van der Waals surface area (Å²) >= 11 is 0. The molecule has 0 amide bonds. The average molecular weight is 305 g/mol. The molecule has 4 nitrogen and oxygen atoms in total. The third kappa shape index (κ3) is 3.63. The van der Waals surface area contributed by atoms with E-state index in [2.05, 4.69) is 20.8 Å². The summed E-state index contributed by atoms with van der Waals surface area (Å²) in [5.74, 6) is 0. The first-order chi connectivity index (χ1) is 9.64. The molecule has 1 heterocycles. The molecule has 5 heteroatoms. The summed E-state index contributed by atoms with van der Waals surface area (Å²) in [6.07, 6.45) is 3.20. The number of hydrogen-bond donors (Lipinski definition) is 0. The van der Waals surface area contributed by atoms with Gasteiger partial charge in [-0.2, -0.15) is 0 Å². The molecule has 1 fully saturated rings. The largest absolute Gasteiger partial charge is 0.397 e. The minimum Gasteiger partial charge on any atom is -0.397 e. The van der Waals surface area contributed by atoms with E-state index in [-0.39, 0.29) is 5.41 Å². The summed E-state index contributed by atoms with van der Waals surface area (Å²) in [4.78, 5) is 0. The number of hydrogen-bond acceptors (Lipinski definition) is 4. The molecule has 0 aromatic rings. The molecular weight excluding hydrogens is 272 g/mol. The molecule has 1 aliphatic heterocycles. The lowest BCUT2D eigenvalue weighted by atomic mass is 9.78. The molecule has 1 rings (SSSR count). The van der Waals surface area contributed by atoms with Gasteiger partial charge in [-0.1, -0.05) is 20.8 Å². The van der Waals surface area contributed by atoms with Crippen LogP contribution in [0.5, 0.6) is 0 Å². The molecule has 20 heavy (non-hydrogen) atoms. The Bertz CT molecular complexity index is 251. The molecule has 0 N–H and O–H groups in total. The van der Waals surface area contributed by atoms with E-state index in [9.17, 15) is 0 Å². The van der Waals surface area contributed by atoms with Crippen LogP contribution in [0.3, 0.4) is 0 Å². The van der Waals surface area contributed by atoms with Crippen LogP contribution in [0, 0.1) is 5.41 Å². The number of ether oxygens (including phenoxy) is 2. The van der Waals surface area contributed by atoms with Crippen LogP contribution < -0.4 is 0 Å². The van der Waals surface area contributed by atoms with Crippen molar-refractivity contribution in [2.45, 2.75) is 51.6 Å². The van der Waals surface area contributed by atoms with Crippen molar-refractivity contribution >= 4 is 8.56 Å². The van der Waals surface area contributed by atoms with E-state index in [1.165, 1.54) is 0 Å². The fraction of sp³-hybridized carbons (Fsp3) is 1.00. The van der Waals surface area contributed by atoms with E-state index >= 15 is 0 Å². The van der Waals surface area contributed by atoms with E-state index in [0.717, 1.165) is 51.7 Å². The van der Waals surface area contributed by atoms with Gasteiger partial charge in [-0.15, -0.1) is 0 Å². The minimum atomic E-state index is -2.19. The predicted octanol–water partition coefficient (Wildman–Crippen LogP) is 3.35. The lowest BCUT2D eigenvalue weighted by molar-refractivity contribution is -0.128. The monoisotopic (exact) mass is 304 g/mol. The van der Waals surface area contributed by atoms with Crippen LogP contribution in [-0.2, 0) is 18.3 Å². The zero-order valence-electron chi connectivity index (χ0n) is 13.9. The Balaban J connectivity index is 2.82. The molecule has 1 aliphatic rings. The maximum Gasteiger partial charge on any atom is 0.341 e. The van der Waals surface area contributed by atoms with E-state index in [4.69, 9.17) is 18.3 Å². The average Bonchev–Trinajstić information content (AvgIpc) is 2.44. The second-order valence-corrected chi connectivity index (χ2v) is 9.58. The molecule has 0 saturated carbocycles. The van der Waals surface area contributed by atoms with Gasteiger partial charge in [0.15, 0.2) is 0 Å². The van der Waals surface area contributed by atoms with Crippen LogP contribution in [0.1, 0.15) is 40.0 Å². The van der Waals surface area contributed by atoms with Gasteiger partial charge in [-0.05, 0) is 25.3 Å². The molecule has 0 spiro atoms. The van der Waals surface area contributed by atoms with Crippen molar-refractivity contribution in [3.63, 3.8) is 0 Å². The smallest absolute Gasteiger partial charge is 0.341 e. The summed E-state index contributed by atoms with van der Waals surface area (Å²) in [5.41, 5.74) is 0.662. The Morgan fingerprint density at radius 2 is 1.75 bits per heavy atom. The molecule has 0 aliphatic carbocycles. The molecule has 1 atom stereocenters. The summed E-state index contributed by atoms with van der Waals surface area (Å²) in [6.45, 7) is 9.88. The van der Waals surface area contributed by atoms with Crippen LogP contribution in [-0.4, -0.2) is 49.2 Å². The Hall–Kier alpha value is 0.0569. The topological polar surface area (TPSA) is 36.9 Å². The van der Waals surface area contributed by atoms with Gasteiger partial charge in [0, 0.05) is 38.4 Å². The van der Waals surface area contributed by atoms with Crippen molar-refractivity contribution in [2.24, 2.45) is 5.41 Å². The Kier molecular flexibility index (Phi) is 7.68. The van der Waals surface area contributed by atoms with Gasteiger partial charge in [-0.3, -0.25) is 0 Å². The fourth-order valence-corrected chi connectivity index (χ4v) is 7.03. The molecule has 0 bridgehead atoms. The number of rotatable bonds is 11. The molecule has 1 unspecified atom stereocenters. The standard InChI is InChI=1S/C15H32O4Si/c1-6-10-18-11-9-14(15(7-2)12-19-13-15)20(8-3,16-4)17-5/h14H,6-13H2,1-5H3. The van der Waals surface area contributed by atoms with Crippen LogP contribution >= 0.6 is 0 Å². The van der Waals surface area contributed by atoms with Crippen molar-refractivity contribution in [1.29, 1.82) is 0 Å². The van der Waals surface area contributed by atoms with Gasteiger partial charge >= 0.3 is 8.56 Å². The van der Waals surface area contributed by atoms with E-state index < -0.39 is 8.56 Å². The fourth-order valence-electron chi connectivity index (χ4n) is 3.36. The van der Waals surface area contributed by atoms with Crippen molar-refractivity contribution in [3.05, 3.63) is 0 Å². The summed E-state index contributed by atoms with van der Waals surface area (Å²) in [6, 6.07) is 0.972. The molecule has 0 radical (unpaired) electrons. The van der Waals surface area contributed by atoms with Crippen molar-refractivity contribution in [3.8, 4) is 0 Å². The minimum absolute atomic E-state index is 0.226. The first-order valence-corrected chi connectivity index (χ1v) is 10.0. The Labute approximate surface area is 125 Å². The highest BCUT2D eigenvalue weighted by molar-refractivity contribution is 6.69. The first-order valence-electron chi connectivity index (χ1n) is 7.90. The van der Waals surface area contributed by atoms with Gasteiger partial charge in [0.2, 0.25) is 0 Å². The van der Waals surface area contributed by atoms with Crippen molar-refractivity contribution in [1.82, 2.24) is 0 Å². The Morgan fingerprint density at radius 3 is 2.10 bits per heavy atom. The highest BCUT2D eigenvalue weighted by Crippen LogP contribution is 2.51. The van der Waals surface area contributed by atoms with E-state index in [1.807, 2.05) is 14.2 Å². The van der Waals surface area contributed by atoms with Crippen molar-refractivity contribution < 1.29 is 18.3 Å². The summed E-state index contributed by atoms with van der Waals surface area (Å²) in [7, 11) is 1.42.